The van der Waals surface area contributed by atoms with Gasteiger partial charge in [0.15, 0.2) is 0 Å². The Hall–Kier alpha value is -1.63. The van der Waals surface area contributed by atoms with Gasteiger partial charge in [0.1, 0.15) is 22.8 Å². The molecule has 1 atom stereocenters. The van der Waals surface area contributed by atoms with Gasteiger partial charge in [-0.1, -0.05) is 29.7 Å². The quantitative estimate of drug-likeness (QED) is 0.809. The molecule has 0 radical (unpaired) electrons. The van der Waals surface area contributed by atoms with Crippen molar-refractivity contribution in [2.45, 2.75) is 26.8 Å². The topological polar surface area (TPSA) is 67.2 Å². The number of rotatable bonds is 6. The molecule has 0 aliphatic heterocycles. The van der Waals surface area contributed by atoms with Gasteiger partial charge in [0, 0.05) is 12.6 Å². The summed E-state index contributed by atoms with van der Waals surface area (Å²) in [6, 6.07) is 4.41. The van der Waals surface area contributed by atoms with Gasteiger partial charge in [0.2, 0.25) is 0 Å². The third-order valence-electron chi connectivity index (χ3n) is 3.41. The Kier molecular flexibility index (Phi) is 7.66. The van der Waals surface area contributed by atoms with Gasteiger partial charge < -0.3 is 15.2 Å². The van der Waals surface area contributed by atoms with E-state index in [1.807, 2.05) is 13.8 Å². The van der Waals surface area contributed by atoms with Crippen LogP contribution in [0.5, 0.6) is 0 Å². The van der Waals surface area contributed by atoms with Crippen molar-refractivity contribution in [2.24, 2.45) is 0 Å². The summed E-state index contributed by atoms with van der Waals surface area (Å²) in [6.07, 6.45) is 0. The van der Waals surface area contributed by atoms with E-state index >= 15 is 0 Å². The van der Waals surface area contributed by atoms with Crippen LogP contribution >= 0.6 is 24.0 Å². The van der Waals surface area contributed by atoms with E-state index in [9.17, 15) is 9.18 Å². The summed E-state index contributed by atoms with van der Waals surface area (Å²) in [7, 11) is 0. The minimum atomic E-state index is -0.555. The summed E-state index contributed by atoms with van der Waals surface area (Å²) in [4.78, 5) is 12.4. The number of hydrogen-bond donors (Lipinski definition) is 2. The summed E-state index contributed by atoms with van der Waals surface area (Å²) in [5.41, 5.74) is 0.371. The number of halogens is 3. The van der Waals surface area contributed by atoms with Gasteiger partial charge in [-0.15, -0.1) is 12.4 Å². The molecule has 1 aromatic heterocycles. The molecule has 0 spiro atoms. The molecule has 0 saturated carbocycles. The predicted octanol–water partition coefficient (Wildman–Crippen LogP) is 3.59. The van der Waals surface area contributed by atoms with Crippen molar-refractivity contribution >= 4 is 29.9 Å². The van der Waals surface area contributed by atoms with Crippen molar-refractivity contribution in [3.63, 3.8) is 0 Å². The molecule has 0 fully saturated rings. The molecule has 8 heteroatoms. The van der Waals surface area contributed by atoms with Gasteiger partial charge >= 0.3 is 0 Å². The monoisotopic (exact) mass is 375 g/mol. The Bertz CT molecular complexity index is 686. The third kappa shape index (κ3) is 4.47. The van der Waals surface area contributed by atoms with Crippen molar-refractivity contribution < 1.29 is 13.7 Å². The molecular weight excluding hydrogens is 356 g/mol. The van der Waals surface area contributed by atoms with Crippen molar-refractivity contribution in [3.8, 4) is 11.3 Å². The summed E-state index contributed by atoms with van der Waals surface area (Å²) in [5, 5.41) is 9.97. The number of benzene rings is 1. The summed E-state index contributed by atoms with van der Waals surface area (Å²) in [6.45, 7) is 6.79. The zero-order valence-electron chi connectivity index (χ0n) is 13.7. The maximum absolute atomic E-state index is 14.1. The molecule has 1 heterocycles. The van der Waals surface area contributed by atoms with Crippen LogP contribution < -0.4 is 10.6 Å². The number of carbonyl (C=O) groups is 1. The van der Waals surface area contributed by atoms with Gasteiger partial charge in [-0.05, 0) is 32.5 Å². The number of hydrogen-bond acceptors (Lipinski definition) is 4. The molecule has 1 amide bonds. The summed E-state index contributed by atoms with van der Waals surface area (Å²) >= 11 is 6.06. The fourth-order valence-corrected chi connectivity index (χ4v) is 2.54. The lowest BCUT2D eigenvalue weighted by atomic mass is 10.0. The molecule has 2 aromatic rings. The van der Waals surface area contributed by atoms with Crippen LogP contribution in [0.25, 0.3) is 11.3 Å². The van der Waals surface area contributed by atoms with Crippen molar-refractivity contribution in [1.29, 1.82) is 0 Å². The SMILES string of the molecule is CCN[C@H](C)CNC(=O)c1c(-c2c(F)cccc2Cl)noc1C.Cl. The van der Waals surface area contributed by atoms with Gasteiger partial charge in [-0.2, -0.15) is 0 Å². The van der Waals surface area contributed by atoms with Crippen LogP contribution in [0.2, 0.25) is 5.02 Å². The average molecular weight is 376 g/mol. The molecular formula is C16H20Cl2FN3O2. The molecule has 132 valence electrons. The minimum absolute atomic E-state index is 0. The van der Waals surface area contributed by atoms with E-state index in [1.54, 1.807) is 13.0 Å². The van der Waals surface area contributed by atoms with Crippen molar-refractivity contribution in [2.75, 3.05) is 13.1 Å². The van der Waals surface area contributed by atoms with Crippen LogP contribution in [0.3, 0.4) is 0 Å². The summed E-state index contributed by atoms with van der Waals surface area (Å²) < 4.78 is 19.2. The highest BCUT2D eigenvalue weighted by atomic mass is 35.5. The van der Waals surface area contributed by atoms with Gasteiger partial charge in [-0.25, -0.2) is 4.39 Å². The number of aryl methyl sites for hydroxylation is 1. The summed E-state index contributed by atoms with van der Waals surface area (Å²) in [5.74, 6) is -0.614. The van der Waals surface area contributed by atoms with Gasteiger partial charge in [0.05, 0.1) is 10.6 Å². The second-order valence-electron chi connectivity index (χ2n) is 5.23. The molecule has 1 aromatic carbocycles. The fourth-order valence-electron chi connectivity index (χ4n) is 2.29. The number of aromatic nitrogens is 1. The number of amides is 1. The first kappa shape index (κ1) is 20.4. The van der Waals surface area contributed by atoms with E-state index in [2.05, 4.69) is 15.8 Å². The highest BCUT2D eigenvalue weighted by Crippen LogP contribution is 2.33. The first-order valence-electron chi connectivity index (χ1n) is 7.37. The van der Waals surface area contributed by atoms with Crippen molar-refractivity contribution in [3.05, 3.63) is 40.4 Å². The fraction of sp³-hybridized carbons (Fsp3) is 0.375. The Morgan fingerprint density at radius 1 is 1.46 bits per heavy atom. The molecule has 0 unspecified atom stereocenters. The molecule has 0 bridgehead atoms. The van der Waals surface area contributed by atoms with E-state index in [0.717, 1.165) is 6.54 Å². The zero-order chi connectivity index (χ0) is 17.0. The lowest BCUT2D eigenvalue weighted by Crippen LogP contribution is -2.39. The first-order chi connectivity index (χ1) is 11.0. The molecule has 2 N–H and O–H groups in total. The standard InChI is InChI=1S/C16H19ClFN3O2.ClH/c1-4-19-9(2)8-20-16(22)13-10(3)23-21-15(13)14-11(17)6-5-7-12(14)18;/h5-7,9,19H,4,8H2,1-3H3,(H,20,22);1H/t9-;/m1./s1. The van der Waals surface area contributed by atoms with E-state index < -0.39 is 5.82 Å². The number of nitrogens with zero attached hydrogens (tertiary/aromatic N) is 1. The average Bonchev–Trinajstić information content (AvgIpc) is 2.87. The van der Waals surface area contributed by atoms with Gasteiger partial charge in [0.25, 0.3) is 5.91 Å². The van der Waals surface area contributed by atoms with E-state index in [0.29, 0.717) is 12.3 Å². The van der Waals surface area contributed by atoms with Crippen LogP contribution in [-0.4, -0.2) is 30.2 Å². The predicted molar refractivity (Wildman–Crippen MR) is 94.4 cm³/mol. The molecule has 24 heavy (non-hydrogen) atoms. The lowest BCUT2D eigenvalue weighted by Gasteiger charge is -2.13. The highest BCUT2D eigenvalue weighted by Gasteiger charge is 2.25. The minimum Gasteiger partial charge on any atom is -0.360 e. The smallest absolute Gasteiger partial charge is 0.257 e. The van der Waals surface area contributed by atoms with Gasteiger partial charge in [-0.3, -0.25) is 4.79 Å². The van der Waals surface area contributed by atoms with Crippen LogP contribution in [0.1, 0.15) is 30.0 Å². The highest BCUT2D eigenvalue weighted by molar-refractivity contribution is 6.33. The third-order valence-corrected chi connectivity index (χ3v) is 3.73. The zero-order valence-corrected chi connectivity index (χ0v) is 15.2. The van der Waals surface area contributed by atoms with Crippen molar-refractivity contribution in [1.82, 2.24) is 15.8 Å². The Labute approximate surface area is 151 Å². The second-order valence-corrected chi connectivity index (χ2v) is 5.63. The van der Waals surface area contributed by atoms with Crippen LogP contribution in [0.15, 0.2) is 22.7 Å². The molecule has 0 aliphatic rings. The number of nitrogens with one attached hydrogen (secondary N) is 2. The van der Waals surface area contributed by atoms with E-state index in [-0.39, 0.29) is 46.2 Å². The lowest BCUT2D eigenvalue weighted by molar-refractivity contribution is 0.0949. The number of carbonyl (C=O) groups excluding carboxylic acids is 1. The molecule has 5 nitrogen and oxygen atoms in total. The Balaban J connectivity index is 0.00000288. The number of likely N-dealkylation sites (N-methyl/N-ethyl adjacent to an activating group) is 1. The van der Waals surface area contributed by atoms with Crippen LogP contribution in [-0.2, 0) is 0 Å². The molecule has 2 rings (SSSR count). The van der Waals surface area contributed by atoms with E-state index in [1.165, 1.54) is 12.1 Å². The molecule has 0 saturated heterocycles. The molecule has 0 aliphatic carbocycles. The maximum atomic E-state index is 14.1. The first-order valence-corrected chi connectivity index (χ1v) is 7.75. The Morgan fingerprint density at radius 2 is 2.17 bits per heavy atom. The maximum Gasteiger partial charge on any atom is 0.257 e. The largest absolute Gasteiger partial charge is 0.360 e. The van der Waals surface area contributed by atoms with E-state index in [4.69, 9.17) is 16.1 Å². The van der Waals surface area contributed by atoms with Crippen LogP contribution in [0, 0.1) is 12.7 Å². The Morgan fingerprint density at radius 3 is 2.79 bits per heavy atom. The van der Waals surface area contributed by atoms with Crippen LogP contribution in [0.4, 0.5) is 4.39 Å². The normalized spacial score (nSPS) is 11.7. The second kappa shape index (κ2) is 9.01.